The molecule has 18 heavy (non-hydrogen) atoms. The van der Waals surface area contributed by atoms with E-state index in [0.29, 0.717) is 6.04 Å². The molecule has 1 rings (SSSR count). The third-order valence-corrected chi connectivity index (χ3v) is 3.44. The zero-order valence-corrected chi connectivity index (χ0v) is 12.2. The highest BCUT2D eigenvalue weighted by molar-refractivity contribution is 5.28. The monoisotopic (exact) mass is 253 g/mol. The molecule has 0 aliphatic carbocycles. The highest BCUT2D eigenvalue weighted by Gasteiger charge is 2.18. The van der Waals surface area contributed by atoms with Crippen LogP contribution in [0.2, 0.25) is 0 Å². The van der Waals surface area contributed by atoms with Gasteiger partial charge in [0.1, 0.15) is 0 Å². The number of aryl methyl sites for hydroxylation is 1. The van der Waals surface area contributed by atoms with Crippen molar-refractivity contribution >= 4 is 0 Å². The van der Waals surface area contributed by atoms with Crippen LogP contribution in [-0.2, 0) is 7.05 Å². The standard InChI is InChI=1S/C14H27N3O/c1-5-6-7-8-9-10-12(15-2)14-13(18-4)11-16-17(14)3/h11-12,15H,5-10H2,1-4H3. The van der Waals surface area contributed by atoms with Gasteiger partial charge in [0.25, 0.3) is 0 Å². The summed E-state index contributed by atoms with van der Waals surface area (Å²) in [7, 11) is 5.68. The molecule has 0 spiro atoms. The van der Waals surface area contributed by atoms with Crippen LogP contribution in [0, 0.1) is 0 Å². The van der Waals surface area contributed by atoms with Crippen molar-refractivity contribution in [1.29, 1.82) is 0 Å². The van der Waals surface area contributed by atoms with Gasteiger partial charge in [-0.15, -0.1) is 0 Å². The molecule has 0 bridgehead atoms. The van der Waals surface area contributed by atoms with Crippen molar-refractivity contribution in [3.63, 3.8) is 0 Å². The summed E-state index contributed by atoms with van der Waals surface area (Å²) in [6.45, 7) is 2.25. The molecule has 1 heterocycles. The Morgan fingerprint density at radius 3 is 2.67 bits per heavy atom. The lowest BCUT2D eigenvalue weighted by molar-refractivity contribution is 0.390. The minimum Gasteiger partial charge on any atom is -0.493 e. The average Bonchev–Trinajstić information content (AvgIpc) is 2.75. The van der Waals surface area contributed by atoms with Crippen LogP contribution in [-0.4, -0.2) is 23.9 Å². The van der Waals surface area contributed by atoms with Gasteiger partial charge in [-0.25, -0.2) is 0 Å². The molecule has 1 aromatic heterocycles. The topological polar surface area (TPSA) is 39.1 Å². The Labute approximate surface area is 111 Å². The van der Waals surface area contributed by atoms with E-state index in [1.807, 2.05) is 18.8 Å². The van der Waals surface area contributed by atoms with Gasteiger partial charge in [-0.1, -0.05) is 39.0 Å². The maximum Gasteiger partial charge on any atom is 0.161 e. The van der Waals surface area contributed by atoms with Crippen molar-refractivity contribution in [1.82, 2.24) is 15.1 Å². The SMILES string of the molecule is CCCCCCCC(NC)c1c(OC)cnn1C. The predicted octanol–water partition coefficient (Wildman–Crippen LogP) is 3.05. The van der Waals surface area contributed by atoms with Crippen molar-refractivity contribution in [2.75, 3.05) is 14.2 Å². The fourth-order valence-corrected chi connectivity index (χ4v) is 2.35. The summed E-state index contributed by atoms with van der Waals surface area (Å²) in [5, 5.41) is 7.64. The number of rotatable bonds is 9. The number of nitrogens with one attached hydrogen (secondary N) is 1. The molecular weight excluding hydrogens is 226 g/mol. The first-order chi connectivity index (χ1) is 8.74. The normalized spacial score (nSPS) is 12.7. The molecule has 0 fully saturated rings. The molecule has 0 aliphatic rings. The van der Waals surface area contributed by atoms with Crippen LogP contribution in [0.3, 0.4) is 0 Å². The second-order valence-electron chi connectivity index (χ2n) is 4.77. The molecule has 4 heteroatoms. The van der Waals surface area contributed by atoms with Gasteiger partial charge in [0.2, 0.25) is 0 Å². The lowest BCUT2D eigenvalue weighted by atomic mass is 10.0. The van der Waals surface area contributed by atoms with E-state index in [4.69, 9.17) is 4.74 Å². The van der Waals surface area contributed by atoms with Gasteiger partial charge < -0.3 is 10.1 Å². The number of nitrogens with zero attached hydrogens (tertiary/aromatic N) is 2. The molecule has 0 radical (unpaired) electrons. The highest BCUT2D eigenvalue weighted by atomic mass is 16.5. The number of hydrogen-bond donors (Lipinski definition) is 1. The maximum absolute atomic E-state index is 5.37. The zero-order valence-electron chi connectivity index (χ0n) is 12.2. The fourth-order valence-electron chi connectivity index (χ4n) is 2.35. The molecule has 104 valence electrons. The Morgan fingerprint density at radius 1 is 1.33 bits per heavy atom. The molecule has 1 unspecified atom stereocenters. The summed E-state index contributed by atoms with van der Waals surface area (Å²) < 4.78 is 7.28. The molecule has 1 aromatic rings. The van der Waals surface area contributed by atoms with Crippen molar-refractivity contribution in [3.05, 3.63) is 11.9 Å². The molecule has 0 aliphatic heterocycles. The van der Waals surface area contributed by atoms with Crippen LogP contribution >= 0.6 is 0 Å². The minimum absolute atomic E-state index is 0.328. The van der Waals surface area contributed by atoms with Gasteiger partial charge >= 0.3 is 0 Å². The third kappa shape index (κ3) is 4.02. The van der Waals surface area contributed by atoms with E-state index in [9.17, 15) is 0 Å². The Bertz CT molecular complexity index is 336. The van der Waals surface area contributed by atoms with Gasteiger partial charge in [0.15, 0.2) is 5.75 Å². The molecule has 1 atom stereocenters. The van der Waals surface area contributed by atoms with Crippen LogP contribution in [0.25, 0.3) is 0 Å². The summed E-state index contributed by atoms with van der Waals surface area (Å²) in [6, 6.07) is 0.328. The first kappa shape index (κ1) is 15.0. The van der Waals surface area contributed by atoms with E-state index >= 15 is 0 Å². The van der Waals surface area contributed by atoms with Crippen molar-refractivity contribution < 1.29 is 4.74 Å². The van der Waals surface area contributed by atoms with Gasteiger partial charge in [0, 0.05) is 7.05 Å². The van der Waals surface area contributed by atoms with Gasteiger partial charge in [-0.2, -0.15) is 5.10 Å². The van der Waals surface area contributed by atoms with E-state index in [2.05, 4.69) is 17.3 Å². The summed E-state index contributed by atoms with van der Waals surface area (Å²) >= 11 is 0. The molecular formula is C14H27N3O. The first-order valence-electron chi connectivity index (χ1n) is 6.97. The Balaban J connectivity index is 2.52. The lowest BCUT2D eigenvalue weighted by Crippen LogP contribution is -2.20. The molecule has 0 saturated heterocycles. The maximum atomic E-state index is 5.37. The first-order valence-corrected chi connectivity index (χ1v) is 6.97. The van der Waals surface area contributed by atoms with E-state index in [1.165, 1.54) is 32.1 Å². The third-order valence-electron chi connectivity index (χ3n) is 3.44. The fraction of sp³-hybridized carbons (Fsp3) is 0.786. The van der Waals surface area contributed by atoms with Crippen LogP contribution in [0.15, 0.2) is 6.20 Å². The lowest BCUT2D eigenvalue weighted by Gasteiger charge is -2.17. The average molecular weight is 253 g/mol. The molecule has 0 amide bonds. The van der Waals surface area contributed by atoms with Crippen LogP contribution in [0.5, 0.6) is 5.75 Å². The van der Waals surface area contributed by atoms with Gasteiger partial charge in [0.05, 0.1) is 25.0 Å². The zero-order chi connectivity index (χ0) is 13.4. The summed E-state index contributed by atoms with van der Waals surface area (Å²) in [6.07, 6.45) is 9.47. The number of unbranched alkanes of at least 4 members (excludes halogenated alkanes) is 4. The summed E-state index contributed by atoms with van der Waals surface area (Å²) in [4.78, 5) is 0. The molecule has 1 N–H and O–H groups in total. The molecule has 0 aromatic carbocycles. The Morgan fingerprint density at radius 2 is 2.06 bits per heavy atom. The number of methoxy groups -OCH3 is 1. The van der Waals surface area contributed by atoms with Crippen molar-refractivity contribution in [2.24, 2.45) is 7.05 Å². The van der Waals surface area contributed by atoms with Crippen LogP contribution < -0.4 is 10.1 Å². The van der Waals surface area contributed by atoms with Crippen LogP contribution in [0.1, 0.15) is 57.2 Å². The van der Waals surface area contributed by atoms with Crippen LogP contribution in [0.4, 0.5) is 0 Å². The smallest absolute Gasteiger partial charge is 0.161 e. The number of aromatic nitrogens is 2. The minimum atomic E-state index is 0.328. The highest BCUT2D eigenvalue weighted by Crippen LogP contribution is 2.27. The van der Waals surface area contributed by atoms with Gasteiger partial charge in [-0.05, 0) is 13.5 Å². The Kier molecular flexibility index (Phi) is 6.80. The largest absolute Gasteiger partial charge is 0.493 e. The van der Waals surface area contributed by atoms with Crippen molar-refractivity contribution in [3.8, 4) is 5.75 Å². The summed E-state index contributed by atoms with van der Waals surface area (Å²) in [5.74, 6) is 0.880. The number of ether oxygens (including phenoxy) is 1. The van der Waals surface area contributed by atoms with E-state index < -0.39 is 0 Å². The van der Waals surface area contributed by atoms with E-state index in [1.54, 1.807) is 13.3 Å². The second-order valence-corrected chi connectivity index (χ2v) is 4.77. The summed E-state index contributed by atoms with van der Waals surface area (Å²) in [5.41, 5.74) is 1.15. The Hall–Kier alpha value is -1.03. The number of hydrogen-bond acceptors (Lipinski definition) is 3. The van der Waals surface area contributed by atoms with Gasteiger partial charge in [-0.3, -0.25) is 4.68 Å². The molecule has 0 saturated carbocycles. The predicted molar refractivity (Wildman–Crippen MR) is 74.9 cm³/mol. The second kappa shape index (κ2) is 8.14. The van der Waals surface area contributed by atoms with E-state index in [0.717, 1.165) is 17.9 Å². The van der Waals surface area contributed by atoms with Crippen molar-refractivity contribution in [2.45, 2.75) is 51.5 Å². The van der Waals surface area contributed by atoms with E-state index in [-0.39, 0.29) is 0 Å². The molecule has 4 nitrogen and oxygen atoms in total. The quantitative estimate of drug-likeness (QED) is 0.687.